The first-order chi connectivity index (χ1) is 18.9. The lowest BCUT2D eigenvalue weighted by Gasteiger charge is -2.17. The molecule has 1 fully saturated rings. The summed E-state index contributed by atoms with van der Waals surface area (Å²) < 4.78 is 7.29. The fourth-order valence-electron chi connectivity index (χ4n) is 5.15. The zero-order chi connectivity index (χ0) is 28.0. The highest BCUT2D eigenvalue weighted by molar-refractivity contribution is 5.70. The molecule has 0 saturated heterocycles. The van der Waals surface area contributed by atoms with Crippen LogP contribution in [0.2, 0.25) is 0 Å². The van der Waals surface area contributed by atoms with Crippen molar-refractivity contribution in [1.29, 1.82) is 0 Å². The molecule has 39 heavy (non-hydrogen) atoms. The van der Waals surface area contributed by atoms with Gasteiger partial charge in [0.05, 0.1) is 18.5 Å². The van der Waals surface area contributed by atoms with Gasteiger partial charge in [-0.2, -0.15) is 0 Å². The van der Waals surface area contributed by atoms with Crippen LogP contribution in [0, 0.1) is 12.8 Å². The van der Waals surface area contributed by atoms with E-state index in [1.54, 1.807) is 17.8 Å². The monoisotopic (exact) mass is 538 g/mol. The molecule has 0 bridgehead atoms. The third-order valence-corrected chi connectivity index (χ3v) is 7.48. The Balaban J connectivity index is 1.28. The molecule has 0 aromatic carbocycles. The highest BCUT2D eigenvalue weighted by atomic mass is 16.5. The molecule has 2 aromatic heterocycles. The van der Waals surface area contributed by atoms with Crippen molar-refractivity contribution in [2.24, 2.45) is 5.92 Å². The van der Waals surface area contributed by atoms with Gasteiger partial charge in [-0.15, -0.1) is 0 Å². The number of aromatic amines is 1. The first kappa shape index (κ1) is 30.5. The second-order valence-corrected chi connectivity index (χ2v) is 10.6. The van der Waals surface area contributed by atoms with Crippen LogP contribution in [0.25, 0.3) is 11.2 Å². The predicted molar refractivity (Wildman–Crippen MR) is 155 cm³/mol. The zero-order valence-corrected chi connectivity index (χ0v) is 23.7. The van der Waals surface area contributed by atoms with Gasteiger partial charge in [-0.3, -0.25) is 9.59 Å². The number of fused-ring (bicyclic) bond motifs is 1. The lowest BCUT2D eigenvalue weighted by atomic mass is 10.0. The number of H-pyrrole nitrogens is 1. The van der Waals surface area contributed by atoms with E-state index in [2.05, 4.69) is 52.8 Å². The maximum atomic E-state index is 12.3. The van der Waals surface area contributed by atoms with E-state index in [0.717, 1.165) is 37.7 Å². The number of carbonyl (C=O) groups excluding carboxylic acids is 1. The minimum absolute atomic E-state index is 0.106. The van der Waals surface area contributed by atoms with Crippen LogP contribution in [0.5, 0.6) is 0 Å². The number of esters is 1. The van der Waals surface area contributed by atoms with E-state index >= 15 is 0 Å². The van der Waals surface area contributed by atoms with Gasteiger partial charge < -0.3 is 19.4 Å². The third-order valence-electron chi connectivity index (χ3n) is 7.48. The van der Waals surface area contributed by atoms with Crippen molar-refractivity contribution in [2.45, 2.75) is 109 Å². The summed E-state index contributed by atoms with van der Waals surface area (Å²) in [7, 11) is 0. The van der Waals surface area contributed by atoms with Crippen LogP contribution in [0.3, 0.4) is 0 Å². The molecule has 2 N–H and O–H groups in total. The molecule has 0 aliphatic heterocycles. The Morgan fingerprint density at radius 1 is 1.13 bits per heavy atom. The number of hydrogen-bond donors (Lipinski definition) is 2. The Bertz CT molecular complexity index is 1180. The van der Waals surface area contributed by atoms with Crippen molar-refractivity contribution in [2.75, 3.05) is 6.61 Å². The molecule has 1 aliphatic carbocycles. The Labute approximate surface area is 232 Å². The Morgan fingerprint density at radius 2 is 1.82 bits per heavy atom. The molecule has 0 unspecified atom stereocenters. The number of aliphatic hydroxyl groups excluding tert-OH is 1. The minimum Gasteiger partial charge on any atom is -0.465 e. The average molecular weight is 539 g/mol. The molecule has 1 saturated carbocycles. The molecule has 1 aliphatic rings. The Hall–Kier alpha value is -3.00. The van der Waals surface area contributed by atoms with Crippen molar-refractivity contribution in [3.05, 3.63) is 59.0 Å². The van der Waals surface area contributed by atoms with E-state index in [-0.39, 0.29) is 35.6 Å². The highest BCUT2D eigenvalue weighted by Crippen LogP contribution is 2.40. The van der Waals surface area contributed by atoms with Gasteiger partial charge in [0.25, 0.3) is 5.56 Å². The number of aryl methyl sites for hydroxylation is 1. The van der Waals surface area contributed by atoms with E-state index in [4.69, 9.17) is 4.74 Å². The number of nitrogens with zero attached hydrogens (tertiary/aromatic N) is 3. The molecule has 0 spiro atoms. The number of carbonyl (C=O) groups is 1. The summed E-state index contributed by atoms with van der Waals surface area (Å²) in [6, 6.07) is -0.260. The smallest absolute Gasteiger partial charge is 0.305 e. The summed E-state index contributed by atoms with van der Waals surface area (Å²) in [5.74, 6) is -0.0951. The molecule has 2 aromatic rings. The van der Waals surface area contributed by atoms with Gasteiger partial charge in [0.1, 0.15) is 12.4 Å². The highest BCUT2D eigenvalue weighted by Gasteiger charge is 2.39. The topological polar surface area (TPSA) is 110 Å². The van der Waals surface area contributed by atoms with Gasteiger partial charge in [0.2, 0.25) is 0 Å². The van der Waals surface area contributed by atoms with E-state index < -0.39 is 6.10 Å². The van der Waals surface area contributed by atoms with Gasteiger partial charge in [-0.05, 0) is 57.4 Å². The van der Waals surface area contributed by atoms with Crippen molar-refractivity contribution < 1.29 is 14.6 Å². The van der Waals surface area contributed by atoms with Crippen molar-refractivity contribution >= 4 is 17.1 Å². The first-order valence-electron chi connectivity index (χ1n) is 14.7. The second-order valence-electron chi connectivity index (χ2n) is 10.6. The number of nitrogens with one attached hydrogen (secondary N) is 1. The number of allylic oxidation sites excluding steroid dienone is 4. The van der Waals surface area contributed by atoms with Gasteiger partial charge in [0, 0.05) is 12.3 Å². The predicted octanol–water partition coefficient (Wildman–Crippen LogP) is 6.26. The number of ether oxygens (including phenoxy) is 1. The van der Waals surface area contributed by atoms with Gasteiger partial charge in [-0.1, -0.05) is 69.9 Å². The van der Waals surface area contributed by atoms with E-state index in [1.807, 2.05) is 0 Å². The average Bonchev–Trinajstić information content (AvgIpc) is 3.45. The normalized spacial score (nSPS) is 19.7. The fraction of sp³-hybridized carbons (Fsp3) is 0.613. The molecular weight excluding hydrogens is 492 g/mol. The van der Waals surface area contributed by atoms with Crippen LogP contribution >= 0.6 is 0 Å². The standard InChI is InChI=1S/C31H46N4O4/c1-4-5-6-7-8-9-10-11-12-13-14-15-16-17-18-19-28(37)39-21-25-23(2)26(20-27(25)36)35-22-32-29-30(35)33-24(3)34-31(29)38/h8-9,11-12,22,25-27,36H,2,4-7,10,13-21H2,1,3H3,(H,33,34,38)/b9-8-,12-11-/t25-,26-,27-/m0/s1. The summed E-state index contributed by atoms with van der Waals surface area (Å²) in [6.45, 7) is 8.23. The van der Waals surface area contributed by atoms with Gasteiger partial charge >= 0.3 is 5.97 Å². The maximum absolute atomic E-state index is 12.3. The number of aliphatic hydroxyl groups is 1. The van der Waals surface area contributed by atoms with Crippen LogP contribution in [0.1, 0.15) is 102 Å². The lowest BCUT2D eigenvalue weighted by molar-refractivity contribution is -0.145. The number of hydrogen-bond acceptors (Lipinski definition) is 6. The molecule has 0 amide bonds. The second kappa shape index (κ2) is 16.2. The van der Waals surface area contributed by atoms with Crippen LogP contribution < -0.4 is 5.56 Å². The molecule has 0 radical (unpaired) electrons. The quantitative estimate of drug-likeness (QED) is 0.140. The summed E-state index contributed by atoms with van der Waals surface area (Å²) >= 11 is 0. The lowest BCUT2D eigenvalue weighted by Crippen LogP contribution is -2.22. The summed E-state index contributed by atoms with van der Waals surface area (Å²) in [5.41, 5.74) is 1.19. The van der Waals surface area contributed by atoms with E-state index in [1.165, 1.54) is 38.5 Å². The number of unbranched alkanes of at least 4 members (excludes halogenated alkanes) is 8. The van der Waals surface area contributed by atoms with Gasteiger partial charge in [-0.25, -0.2) is 9.97 Å². The van der Waals surface area contributed by atoms with Crippen molar-refractivity contribution in [3.8, 4) is 0 Å². The third kappa shape index (κ3) is 9.31. The fourth-order valence-corrected chi connectivity index (χ4v) is 5.15. The molecule has 214 valence electrons. The largest absolute Gasteiger partial charge is 0.465 e. The molecule has 3 rings (SSSR count). The summed E-state index contributed by atoms with van der Waals surface area (Å²) in [5, 5.41) is 10.7. The zero-order valence-electron chi connectivity index (χ0n) is 23.7. The SMILES string of the molecule is C=C1[C@H](COC(=O)CCCCCCC/C=C\C/C=C\CCCCC)[C@@H](O)C[C@@H]1n1cnc2c(=O)[nH]c(C)nc21. The number of rotatable bonds is 17. The molecule has 3 atom stereocenters. The Morgan fingerprint density at radius 3 is 2.56 bits per heavy atom. The Kier molecular flexibility index (Phi) is 12.7. The molecule has 2 heterocycles. The van der Waals surface area contributed by atoms with E-state index in [0.29, 0.717) is 24.3 Å². The maximum Gasteiger partial charge on any atom is 0.305 e. The molecule has 8 heteroatoms. The molecular formula is C31H46N4O4. The van der Waals surface area contributed by atoms with E-state index in [9.17, 15) is 14.7 Å². The van der Waals surface area contributed by atoms with Crippen molar-refractivity contribution in [3.63, 3.8) is 0 Å². The minimum atomic E-state index is -0.688. The van der Waals surface area contributed by atoms with Crippen LogP contribution in [0.4, 0.5) is 0 Å². The van der Waals surface area contributed by atoms with Crippen LogP contribution in [-0.4, -0.2) is 43.3 Å². The van der Waals surface area contributed by atoms with Crippen molar-refractivity contribution in [1.82, 2.24) is 19.5 Å². The van der Waals surface area contributed by atoms with Crippen LogP contribution in [0.15, 0.2) is 47.6 Å². The summed E-state index contributed by atoms with van der Waals surface area (Å²) in [6.07, 6.45) is 23.3. The number of aromatic nitrogens is 4. The molecule has 8 nitrogen and oxygen atoms in total. The number of imidazole rings is 1. The van der Waals surface area contributed by atoms with Crippen LogP contribution in [-0.2, 0) is 9.53 Å². The van der Waals surface area contributed by atoms with Gasteiger partial charge in [0.15, 0.2) is 11.2 Å². The first-order valence-corrected chi connectivity index (χ1v) is 14.7. The summed E-state index contributed by atoms with van der Waals surface area (Å²) in [4.78, 5) is 35.7.